The number of aromatic amines is 1. The zero-order valence-corrected chi connectivity index (χ0v) is 14.4. The lowest BCUT2D eigenvalue weighted by atomic mass is 10.00. The Labute approximate surface area is 153 Å². The van der Waals surface area contributed by atoms with Crippen LogP contribution in [0.1, 0.15) is 11.1 Å². The van der Waals surface area contributed by atoms with Gasteiger partial charge in [-0.1, -0.05) is 24.3 Å². The molecule has 27 heavy (non-hydrogen) atoms. The molecule has 2 aromatic heterocycles. The lowest BCUT2D eigenvalue weighted by molar-refractivity contribution is 0.618. The first-order valence-electron chi connectivity index (χ1n) is 8.75. The molecule has 0 bridgehead atoms. The van der Waals surface area contributed by atoms with Gasteiger partial charge in [-0.2, -0.15) is 10.1 Å². The highest BCUT2D eigenvalue weighted by atomic mass is 19.1. The Morgan fingerprint density at radius 2 is 1.93 bits per heavy atom. The molecule has 0 radical (unpaired) electrons. The van der Waals surface area contributed by atoms with Gasteiger partial charge in [-0.05, 0) is 41.8 Å². The van der Waals surface area contributed by atoms with E-state index in [2.05, 4.69) is 15.1 Å². The van der Waals surface area contributed by atoms with Crippen LogP contribution in [0.25, 0.3) is 16.7 Å². The molecule has 6 nitrogen and oxygen atoms in total. The van der Waals surface area contributed by atoms with E-state index in [1.54, 1.807) is 16.8 Å². The van der Waals surface area contributed by atoms with Gasteiger partial charge in [0.1, 0.15) is 11.2 Å². The first kappa shape index (κ1) is 15.7. The molecule has 0 aliphatic carbocycles. The van der Waals surface area contributed by atoms with Crippen molar-refractivity contribution in [2.75, 3.05) is 11.4 Å². The van der Waals surface area contributed by atoms with Crippen LogP contribution in [0.2, 0.25) is 0 Å². The molecular formula is C20H16FN5O. The highest BCUT2D eigenvalue weighted by Gasteiger charge is 2.20. The number of hydrogen-bond acceptors (Lipinski definition) is 4. The molecule has 3 heterocycles. The summed E-state index contributed by atoms with van der Waals surface area (Å²) >= 11 is 0. The van der Waals surface area contributed by atoms with Crippen molar-refractivity contribution in [2.24, 2.45) is 0 Å². The summed E-state index contributed by atoms with van der Waals surface area (Å²) in [6.07, 6.45) is 2.24. The van der Waals surface area contributed by atoms with Gasteiger partial charge in [0.15, 0.2) is 5.65 Å². The van der Waals surface area contributed by atoms with E-state index < -0.39 is 0 Å². The zero-order valence-electron chi connectivity index (χ0n) is 14.4. The summed E-state index contributed by atoms with van der Waals surface area (Å²) in [5.41, 5.74) is 3.19. The molecule has 0 atom stereocenters. The molecule has 0 amide bonds. The molecule has 1 aliphatic heterocycles. The van der Waals surface area contributed by atoms with Crippen molar-refractivity contribution >= 4 is 17.0 Å². The molecule has 0 unspecified atom stereocenters. The third kappa shape index (κ3) is 2.68. The minimum absolute atomic E-state index is 0.220. The zero-order chi connectivity index (χ0) is 18.4. The Bertz CT molecular complexity index is 1200. The normalized spacial score (nSPS) is 13.7. The monoisotopic (exact) mass is 361 g/mol. The number of rotatable bonds is 2. The second kappa shape index (κ2) is 6.05. The van der Waals surface area contributed by atoms with E-state index >= 15 is 0 Å². The van der Waals surface area contributed by atoms with Crippen LogP contribution in [0, 0.1) is 5.82 Å². The maximum absolute atomic E-state index is 13.4. The second-order valence-electron chi connectivity index (χ2n) is 6.60. The predicted octanol–water partition coefficient (Wildman–Crippen LogP) is 2.81. The first-order valence-corrected chi connectivity index (χ1v) is 8.75. The first-order chi connectivity index (χ1) is 13.2. The van der Waals surface area contributed by atoms with E-state index in [4.69, 9.17) is 0 Å². The standard InChI is InChI=1S/C20H16FN5O/c21-15-7-6-14-12-25(9-8-13(14)10-15)20-23-18-17(19(27)24-20)11-22-26(18)16-4-2-1-3-5-16/h1-7,10-11H,8-9,12H2,(H,23,24,27). The predicted molar refractivity (Wildman–Crippen MR) is 101 cm³/mol. The third-order valence-corrected chi connectivity index (χ3v) is 4.91. The van der Waals surface area contributed by atoms with Gasteiger partial charge in [0.2, 0.25) is 5.95 Å². The fraction of sp³-hybridized carbons (Fsp3) is 0.150. The summed E-state index contributed by atoms with van der Waals surface area (Å²) in [5, 5.41) is 4.78. The van der Waals surface area contributed by atoms with Crippen molar-refractivity contribution in [1.82, 2.24) is 19.7 Å². The molecule has 0 saturated heterocycles. The van der Waals surface area contributed by atoms with Gasteiger partial charge in [0, 0.05) is 13.1 Å². The van der Waals surface area contributed by atoms with E-state index in [9.17, 15) is 9.18 Å². The Hall–Kier alpha value is -3.48. The number of hydrogen-bond donors (Lipinski definition) is 1. The van der Waals surface area contributed by atoms with Crippen LogP contribution < -0.4 is 10.5 Å². The fourth-order valence-electron chi connectivity index (χ4n) is 3.52. The molecule has 1 aliphatic rings. The van der Waals surface area contributed by atoms with Crippen LogP contribution in [0.3, 0.4) is 0 Å². The number of aromatic nitrogens is 4. The molecule has 0 fully saturated rings. The van der Waals surface area contributed by atoms with Crippen LogP contribution in [0.5, 0.6) is 0 Å². The van der Waals surface area contributed by atoms with Crippen molar-refractivity contribution in [1.29, 1.82) is 0 Å². The average molecular weight is 361 g/mol. The lowest BCUT2D eigenvalue weighted by Gasteiger charge is -2.29. The number of anilines is 1. The van der Waals surface area contributed by atoms with Gasteiger partial charge in [-0.3, -0.25) is 9.78 Å². The quantitative estimate of drug-likeness (QED) is 0.596. The topological polar surface area (TPSA) is 66.8 Å². The Balaban J connectivity index is 1.58. The van der Waals surface area contributed by atoms with Gasteiger partial charge in [0.05, 0.1) is 11.9 Å². The number of fused-ring (bicyclic) bond motifs is 2. The Morgan fingerprint density at radius 1 is 1.07 bits per heavy atom. The van der Waals surface area contributed by atoms with Gasteiger partial charge in [-0.15, -0.1) is 0 Å². The lowest BCUT2D eigenvalue weighted by Crippen LogP contribution is -2.33. The average Bonchev–Trinajstić information content (AvgIpc) is 3.13. The number of H-pyrrole nitrogens is 1. The summed E-state index contributed by atoms with van der Waals surface area (Å²) in [6.45, 7) is 1.23. The molecule has 134 valence electrons. The number of nitrogens with zero attached hydrogens (tertiary/aromatic N) is 4. The summed E-state index contributed by atoms with van der Waals surface area (Å²) in [7, 11) is 0. The van der Waals surface area contributed by atoms with Gasteiger partial charge < -0.3 is 4.90 Å². The summed E-state index contributed by atoms with van der Waals surface area (Å²) in [6, 6.07) is 14.4. The molecule has 1 N–H and O–H groups in total. The largest absolute Gasteiger partial charge is 0.338 e. The van der Waals surface area contributed by atoms with Crippen molar-refractivity contribution in [3.63, 3.8) is 0 Å². The van der Waals surface area contributed by atoms with Crippen molar-refractivity contribution < 1.29 is 4.39 Å². The van der Waals surface area contributed by atoms with Crippen LogP contribution in [0.4, 0.5) is 10.3 Å². The maximum atomic E-state index is 13.4. The van der Waals surface area contributed by atoms with Gasteiger partial charge in [0.25, 0.3) is 5.56 Å². The third-order valence-electron chi connectivity index (χ3n) is 4.91. The van der Waals surface area contributed by atoms with E-state index in [0.29, 0.717) is 36.5 Å². The molecular weight excluding hydrogens is 345 g/mol. The second-order valence-corrected chi connectivity index (χ2v) is 6.60. The fourth-order valence-corrected chi connectivity index (χ4v) is 3.52. The molecule has 7 heteroatoms. The molecule has 0 saturated carbocycles. The minimum Gasteiger partial charge on any atom is -0.338 e. The van der Waals surface area contributed by atoms with E-state index in [1.807, 2.05) is 35.2 Å². The highest BCUT2D eigenvalue weighted by molar-refractivity contribution is 5.76. The van der Waals surface area contributed by atoms with Gasteiger partial charge >= 0.3 is 0 Å². The number of halogens is 1. The van der Waals surface area contributed by atoms with Crippen molar-refractivity contribution in [2.45, 2.75) is 13.0 Å². The van der Waals surface area contributed by atoms with Crippen LogP contribution in [-0.4, -0.2) is 26.3 Å². The van der Waals surface area contributed by atoms with E-state index in [1.165, 1.54) is 12.3 Å². The smallest absolute Gasteiger partial charge is 0.263 e. The Kier molecular flexibility index (Phi) is 3.53. The van der Waals surface area contributed by atoms with Gasteiger partial charge in [-0.25, -0.2) is 9.07 Å². The molecule has 5 rings (SSSR count). The molecule has 2 aromatic carbocycles. The van der Waals surface area contributed by atoms with Crippen molar-refractivity contribution in [3.05, 3.63) is 82.0 Å². The molecule has 0 spiro atoms. The SMILES string of the molecule is O=c1[nH]c(N2CCc3cc(F)ccc3C2)nc2c1cnn2-c1ccccc1. The number of nitrogens with one attached hydrogen (secondary N) is 1. The van der Waals surface area contributed by atoms with Crippen LogP contribution in [0.15, 0.2) is 59.5 Å². The highest BCUT2D eigenvalue weighted by Crippen LogP contribution is 2.23. The van der Waals surface area contributed by atoms with Crippen LogP contribution >= 0.6 is 0 Å². The van der Waals surface area contributed by atoms with Crippen LogP contribution in [-0.2, 0) is 13.0 Å². The number of benzene rings is 2. The van der Waals surface area contributed by atoms with E-state index in [0.717, 1.165) is 16.8 Å². The van der Waals surface area contributed by atoms with E-state index in [-0.39, 0.29) is 11.4 Å². The van der Waals surface area contributed by atoms with Crippen molar-refractivity contribution in [3.8, 4) is 5.69 Å². The Morgan fingerprint density at radius 3 is 2.78 bits per heavy atom. The summed E-state index contributed by atoms with van der Waals surface area (Å²) < 4.78 is 15.1. The summed E-state index contributed by atoms with van der Waals surface area (Å²) in [5.74, 6) is 0.280. The number of para-hydroxylation sites is 1. The summed E-state index contributed by atoms with van der Waals surface area (Å²) in [4.78, 5) is 22.1. The maximum Gasteiger partial charge on any atom is 0.263 e. The molecule has 4 aromatic rings. The minimum atomic E-state index is -0.220.